The summed E-state index contributed by atoms with van der Waals surface area (Å²) in [6, 6.07) is 4.02. The van der Waals surface area contributed by atoms with Crippen molar-refractivity contribution in [3.8, 4) is 17.2 Å². The van der Waals surface area contributed by atoms with Gasteiger partial charge in [0.15, 0.2) is 0 Å². The molecule has 0 bridgehead atoms. The van der Waals surface area contributed by atoms with Crippen LogP contribution in [0.25, 0.3) is 17.2 Å². The minimum absolute atomic E-state index is 0.185. The van der Waals surface area contributed by atoms with Crippen molar-refractivity contribution in [2.75, 3.05) is 6.54 Å². The number of nitrogens with zero attached hydrogens (tertiary/aromatic N) is 5. The van der Waals surface area contributed by atoms with Gasteiger partial charge in [-0.15, -0.1) is 0 Å². The van der Waals surface area contributed by atoms with Crippen LogP contribution in [0.3, 0.4) is 0 Å². The Kier molecular flexibility index (Phi) is 2.97. The van der Waals surface area contributed by atoms with Crippen LogP contribution in [0.5, 0.6) is 0 Å². The fourth-order valence-electron chi connectivity index (χ4n) is 2.46. The highest BCUT2D eigenvalue weighted by molar-refractivity contribution is 5.53. The van der Waals surface area contributed by atoms with Gasteiger partial charge in [-0.3, -0.25) is 4.57 Å². The van der Waals surface area contributed by atoms with Gasteiger partial charge in [-0.05, 0) is 31.5 Å². The molecule has 0 radical (unpaired) electrons. The summed E-state index contributed by atoms with van der Waals surface area (Å²) >= 11 is 0. The molecule has 4 heterocycles. The van der Waals surface area contributed by atoms with E-state index < -0.39 is 0 Å². The van der Waals surface area contributed by atoms with Gasteiger partial charge in [-0.1, -0.05) is 5.16 Å². The Morgan fingerprint density at radius 2 is 2.33 bits per heavy atom. The van der Waals surface area contributed by atoms with E-state index in [0.29, 0.717) is 11.7 Å². The third-order valence-corrected chi connectivity index (χ3v) is 3.58. The first-order valence-corrected chi connectivity index (χ1v) is 6.92. The molecule has 1 aliphatic heterocycles. The molecular formula is C14H14N6O. The van der Waals surface area contributed by atoms with Crippen LogP contribution in [0, 0.1) is 0 Å². The Balaban J connectivity index is 1.58. The summed E-state index contributed by atoms with van der Waals surface area (Å²) in [5, 5.41) is 7.38. The molecule has 1 unspecified atom stereocenters. The summed E-state index contributed by atoms with van der Waals surface area (Å²) < 4.78 is 7.18. The lowest BCUT2D eigenvalue weighted by atomic mass is 10.2. The Morgan fingerprint density at radius 1 is 1.33 bits per heavy atom. The number of aromatic nitrogens is 5. The van der Waals surface area contributed by atoms with Crippen LogP contribution < -0.4 is 5.32 Å². The van der Waals surface area contributed by atoms with E-state index in [2.05, 4.69) is 25.4 Å². The first-order valence-electron chi connectivity index (χ1n) is 6.92. The zero-order chi connectivity index (χ0) is 14.1. The van der Waals surface area contributed by atoms with Gasteiger partial charge in [-0.25, -0.2) is 9.97 Å². The predicted octanol–water partition coefficient (Wildman–Crippen LogP) is 1.74. The van der Waals surface area contributed by atoms with Gasteiger partial charge in [0.2, 0.25) is 11.7 Å². The van der Waals surface area contributed by atoms with Crippen molar-refractivity contribution >= 4 is 0 Å². The second-order valence-corrected chi connectivity index (χ2v) is 4.98. The van der Waals surface area contributed by atoms with E-state index in [1.165, 1.54) is 0 Å². The normalized spacial score (nSPS) is 18.2. The number of nitrogens with one attached hydrogen (secondary N) is 1. The lowest BCUT2D eigenvalue weighted by Gasteiger charge is -2.02. The number of imidazole rings is 1. The molecule has 1 aliphatic rings. The quantitative estimate of drug-likeness (QED) is 0.788. The zero-order valence-corrected chi connectivity index (χ0v) is 11.3. The first-order chi connectivity index (χ1) is 10.4. The van der Waals surface area contributed by atoms with Crippen LogP contribution >= 0.6 is 0 Å². The number of hydrogen-bond acceptors (Lipinski definition) is 6. The van der Waals surface area contributed by atoms with E-state index >= 15 is 0 Å². The molecule has 1 saturated heterocycles. The van der Waals surface area contributed by atoms with Crippen LogP contribution in [0.2, 0.25) is 0 Å². The molecule has 0 aromatic carbocycles. The molecule has 1 atom stereocenters. The van der Waals surface area contributed by atoms with Crippen molar-refractivity contribution in [1.29, 1.82) is 0 Å². The minimum atomic E-state index is 0.185. The lowest BCUT2D eigenvalue weighted by molar-refractivity contribution is 0.345. The molecule has 0 spiro atoms. The van der Waals surface area contributed by atoms with Crippen molar-refractivity contribution in [2.45, 2.75) is 18.9 Å². The summed E-state index contributed by atoms with van der Waals surface area (Å²) in [4.78, 5) is 12.8. The molecule has 21 heavy (non-hydrogen) atoms. The topological polar surface area (TPSA) is 81.7 Å². The number of pyridine rings is 1. The van der Waals surface area contributed by atoms with E-state index in [1.54, 1.807) is 18.7 Å². The minimum Gasteiger partial charge on any atom is -0.337 e. The highest BCUT2D eigenvalue weighted by Gasteiger charge is 2.22. The third-order valence-electron chi connectivity index (χ3n) is 3.58. The number of rotatable bonds is 3. The van der Waals surface area contributed by atoms with Crippen molar-refractivity contribution < 1.29 is 4.52 Å². The van der Waals surface area contributed by atoms with E-state index in [-0.39, 0.29) is 6.04 Å². The summed E-state index contributed by atoms with van der Waals surface area (Å²) in [5.74, 6) is 2.03. The second-order valence-electron chi connectivity index (χ2n) is 4.98. The summed E-state index contributed by atoms with van der Waals surface area (Å²) in [6.45, 7) is 1.00. The standard InChI is InChI=1S/C14H14N6O/c1-2-11(16-5-1)14-18-13(19-21-14)10-3-4-12(17-8-10)20-7-6-15-9-20/h3-4,6-9,11,16H,1-2,5H2. The Bertz CT molecular complexity index is 712. The molecular weight excluding hydrogens is 268 g/mol. The van der Waals surface area contributed by atoms with Crippen LogP contribution in [0.15, 0.2) is 41.6 Å². The Hall–Kier alpha value is -2.54. The fourth-order valence-corrected chi connectivity index (χ4v) is 2.46. The highest BCUT2D eigenvalue weighted by Crippen LogP contribution is 2.24. The van der Waals surface area contributed by atoms with Gasteiger partial charge >= 0.3 is 0 Å². The monoisotopic (exact) mass is 282 g/mol. The molecule has 7 heteroatoms. The molecule has 106 valence electrons. The molecule has 0 aliphatic carbocycles. The van der Waals surface area contributed by atoms with Crippen molar-refractivity contribution in [3.63, 3.8) is 0 Å². The average molecular weight is 282 g/mol. The van der Waals surface area contributed by atoms with Gasteiger partial charge < -0.3 is 9.84 Å². The van der Waals surface area contributed by atoms with Crippen LogP contribution in [-0.2, 0) is 0 Å². The summed E-state index contributed by atoms with van der Waals surface area (Å²) in [5.41, 5.74) is 0.840. The van der Waals surface area contributed by atoms with E-state index in [1.807, 2.05) is 22.9 Å². The van der Waals surface area contributed by atoms with Crippen molar-refractivity contribution in [3.05, 3.63) is 42.9 Å². The zero-order valence-electron chi connectivity index (χ0n) is 11.3. The van der Waals surface area contributed by atoms with Crippen LogP contribution in [0.4, 0.5) is 0 Å². The molecule has 4 rings (SSSR count). The second kappa shape index (κ2) is 5.10. The Labute approximate surface area is 121 Å². The average Bonchev–Trinajstić information content (AvgIpc) is 3.27. The molecule has 7 nitrogen and oxygen atoms in total. The maximum Gasteiger partial charge on any atom is 0.244 e. The van der Waals surface area contributed by atoms with Gasteiger partial charge in [0.05, 0.1) is 6.04 Å². The molecule has 3 aromatic heterocycles. The number of hydrogen-bond donors (Lipinski definition) is 1. The van der Waals surface area contributed by atoms with Crippen LogP contribution in [-0.4, -0.2) is 31.2 Å². The maximum absolute atomic E-state index is 5.34. The summed E-state index contributed by atoms with van der Waals surface area (Å²) in [7, 11) is 0. The van der Waals surface area contributed by atoms with E-state index in [0.717, 1.165) is 30.8 Å². The predicted molar refractivity (Wildman–Crippen MR) is 74.6 cm³/mol. The highest BCUT2D eigenvalue weighted by atomic mass is 16.5. The Morgan fingerprint density at radius 3 is 3.05 bits per heavy atom. The maximum atomic E-state index is 5.34. The van der Waals surface area contributed by atoms with Crippen molar-refractivity contribution in [2.24, 2.45) is 0 Å². The third kappa shape index (κ3) is 2.31. The molecule has 0 saturated carbocycles. The molecule has 1 N–H and O–H groups in total. The largest absolute Gasteiger partial charge is 0.337 e. The van der Waals surface area contributed by atoms with Crippen LogP contribution in [0.1, 0.15) is 24.8 Å². The van der Waals surface area contributed by atoms with E-state index in [9.17, 15) is 0 Å². The van der Waals surface area contributed by atoms with Gasteiger partial charge in [0, 0.05) is 24.2 Å². The van der Waals surface area contributed by atoms with Crippen molar-refractivity contribution in [1.82, 2.24) is 30.0 Å². The molecule has 3 aromatic rings. The summed E-state index contributed by atoms with van der Waals surface area (Å²) in [6.07, 6.45) is 9.20. The molecule has 1 fully saturated rings. The molecule has 0 amide bonds. The fraction of sp³-hybridized carbons (Fsp3) is 0.286. The first kappa shape index (κ1) is 12.2. The lowest BCUT2D eigenvalue weighted by Crippen LogP contribution is -2.12. The van der Waals surface area contributed by atoms with Gasteiger partial charge in [0.25, 0.3) is 0 Å². The van der Waals surface area contributed by atoms with E-state index in [4.69, 9.17) is 4.52 Å². The van der Waals surface area contributed by atoms with Gasteiger partial charge in [0.1, 0.15) is 12.1 Å². The SMILES string of the molecule is c1cn(-c2ccc(-c3noc(C4CCCN4)n3)cn2)cn1. The van der Waals surface area contributed by atoms with Gasteiger partial charge in [-0.2, -0.15) is 4.98 Å². The smallest absolute Gasteiger partial charge is 0.244 e.